The number of carbonyl (C=O) groups is 11. The van der Waals surface area contributed by atoms with Crippen LogP contribution in [0.4, 0.5) is 0 Å². The summed E-state index contributed by atoms with van der Waals surface area (Å²) in [6.45, 7) is 29.5. The van der Waals surface area contributed by atoms with Crippen LogP contribution in [0, 0.1) is 35.5 Å². The summed E-state index contributed by atoms with van der Waals surface area (Å²) in [5, 5.41) is 20.3. The van der Waals surface area contributed by atoms with Crippen molar-refractivity contribution in [3.8, 4) is 0 Å². The summed E-state index contributed by atoms with van der Waals surface area (Å²) in [5.41, 5.74) is 4.41. The number of hydrogen-bond acceptors (Lipinski definition) is 14. The van der Waals surface area contributed by atoms with Crippen molar-refractivity contribution >= 4 is 76.7 Å². The second-order valence-corrected chi connectivity index (χ2v) is 27.4. The number of carbonyl (C=O) groups excluding carboxylic acids is 11. The molecule has 24 nitrogen and oxygen atoms in total. The molecule has 11 amide bonds. The van der Waals surface area contributed by atoms with Gasteiger partial charge in [0.15, 0.2) is 0 Å². The molecule has 6 N–H and O–H groups in total. The highest BCUT2D eigenvalue weighted by molar-refractivity contribution is 7.98. The molecular weight excluding hydrogens is 1160 g/mol. The summed E-state index contributed by atoms with van der Waals surface area (Å²) in [7, 11) is 10.1. The van der Waals surface area contributed by atoms with Gasteiger partial charge in [0.25, 0.3) is 0 Å². The van der Waals surface area contributed by atoms with Crippen molar-refractivity contribution in [3.05, 3.63) is 12.2 Å². The van der Waals surface area contributed by atoms with Gasteiger partial charge in [-0.2, -0.15) is 0 Å². The number of nitrogens with zero attached hydrogens (tertiary/aromatic N) is 7. The zero-order valence-electron chi connectivity index (χ0n) is 58.7. The third-order valence-corrected chi connectivity index (χ3v) is 16.6. The minimum Gasteiger partial charge on any atom is -0.390 e. The monoisotopic (exact) mass is 1280 g/mol. The van der Waals surface area contributed by atoms with Gasteiger partial charge in [0, 0.05) is 62.2 Å². The number of primary amides is 1. The first-order valence-corrected chi connectivity index (χ1v) is 32.9. The number of aliphatic hydroxyl groups excluding tert-OH is 1. The number of thioether (sulfide) groups is 1. The van der Waals surface area contributed by atoms with E-state index in [4.69, 9.17) is 10.5 Å². The van der Waals surface area contributed by atoms with Crippen molar-refractivity contribution in [1.29, 1.82) is 0 Å². The molecule has 0 saturated heterocycles. The average molecular weight is 1280 g/mol. The van der Waals surface area contributed by atoms with E-state index in [0.717, 1.165) is 9.80 Å². The fourth-order valence-electron chi connectivity index (χ4n) is 10.5. The van der Waals surface area contributed by atoms with Crippen molar-refractivity contribution in [2.75, 3.05) is 68.1 Å². The third kappa shape index (κ3) is 25.4. The molecule has 0 unspecified atom stereocenters. The zero-order valence-corrected chi connectivity index (χ0v) is 59.5. The summed E-state index contributed by atoms with van der Waals surface area (Å²) in [4.78, 5) is 164. The summed E-state index contributed by atoms with van der Waals surface area (Å²) in [6, 6.07) is -10.6. The van der Waals surface area contributed by atoms with Crippen LogP contribution in [0.5, 0.6) is 0 Å². The van der Waals surface area contributed by atoms with Crippen LogP contribution >= 0.6 is 11.8 Å². The number of hydrogen-bond donors (Lipinski definition) is 5. The quantitative estimate of drug-likeness (QED) is 0.0428. The molecule has 0 rings (SSSR count). The number of likely N-dealkylation sites (N-methyl/N-ethyl adjacent to an activating group) is 7. The molecule has 0 fully saturated rings. The topological polar surface area (TPSA) is 302 Å². The first-order chi connectivity index (χ1) is 41.0. The van der Waals surface area contributed by atoms with E-state index in [0.29, 0.717) is 12.8 Å². The van der Waals surface area contributed by atoms with Crippen LogP contribution in [0.15, 0.2) is 12.2 Å². The summed E-state index contributed by atoms with van der Waals surface area (Å²) < 4.78 is 6.09. The lowest BCUT2D eigenvalue weighted by molar-refractivity contribution is -0.157. The van der Waals surface area contributed by atoms with E-state index in [1.165, 1.54) is 85.5 Å². The SMILES string of the molecule is C/C=C/C[C@@H](C)[C@@H](O)[C@@H](C(=O)N[C@@H](CC)C(=O)N(C)CC(=O)N(C)[C@@H](CC(C)(C)OCSC)C(=O)N[C@H](C(=O)N(C)[C@@H](CC(C)C)C(=O)N[C@H](C)C(N)=O)C(C)C)N(C)C(=O)[C@H](C(C)C)N(C)C(=O)[C@H](CC(C)C)N(C)C(=O)[C@H](CC(C)C)N(C)C(=O)CC. The second kappa shape index (κ2) is 38.8. The van der Waals surface area contributed by atoms with Crippen molar-refractivity contribution in [2.24, 2.45) is 41.2 Å². The normalized spacial score (nSPS) is 15.6. The molecule has 0 heterocycles. The Hall–Kier alpha value is -5.82. The second-order valence-electron chi connectivity index (χ2n) is 26.6. The average Bonchev–Trinajstić information content (AvgIpc) is 1.00. The maximum absolute atomic E-state index is 15.1. The molecule has 0 bridgehead atoms. The van der Waals surface area contributed by atoms with Gasteiger partial charge in [0.05, 0.1) is 24.2 Å². The Bertz CT molecular complexity index is 2390. The number of amides is 11. The number of allylic oxidation sites excluding steroid dienone is 2. The Balaban J connectivity index is 7.34. The molecular formula is C64H117N11O13S. The van der Waals surface area contributed by atoms with Crippen LogP contribution in [-0.4, -0.2) is 239 Å². The van der Waals surface area contributed by atoms with E-state index < -0.39 is 149 Å². The van der Waals surface area contributed by atoms with Crippen molar-refractivity contribution in [2.45, 2.75) is 229 Å². The largest absolute Gasteiger partial charge is 0.390 e. The maximum atomic E-state index is 15.1. The van der Waals surface area contributed by atoms with Gasteiger partial charge in [-0.3, -0.25) is 52.7 Å². The van der Waals surface area contributed by atoms with Gasteiger partial charge in [-0.15, -0.1) is 11.8 Å². The molecule has 0 aromatic carbocycles. The zero-order chi connectivity index (χ0) is 69.4. The first-order valence-electron chi connectivity index (χ1n) is 31.5. The number of aliphatic hydroxyl groups is 1. The number of nitrogens with one attached hydrogen (secondary N) is 3. The molecule has 0 aliphatic heterocycles. The van der Waals surface area contributed by atoms with Crippen LogP contribution in [-0.2, 0) is 57.5 Å². The Kier molecular flexibility index (Phi) is 36.2. The van der Waals surface area contributed by atoms with Crippen LogP contribution in [0.3, 0.4) is 0 Å². The van der Waals surface area contributed by atoms with Gasteiger partial charge >= 0.3 is 0 Å². The molecule has 11 atom stereocenters. The van der Waals surface area contributed by atoms with Crippen LogP contribution in [0.2, 0.25) is 0 Å². The maximum Gasteiger partial charge on any atom is 0.246 e. The predicted octanol–water partition coefficient (Wildman–Crippen LogP) is 4.11. The van der Waals surface area contributed by atoms with Gasteiger partial charge < -0.3 is 65.8 Å². The smallest absolute Gasteiger partial charge is 0.246 e. The van der Waals surface area contributed by atoms with Gasteiger partial charge in [-0.05, 0) is 102 Å². The number of nitrogens with two attached hydrogens (primary N) is 1. The standard InChI is InChI=1S/C64H117N11O13S/c1-26-29-30-42(14)54(78)53(75(24)63(87)52(41(12)13)74(23)61(85)47(33-39(8)9)73(22)60(84)46(32-38(6)7)70(19)49(76)28-3)58(82)67-44(27-2)59(83)69(18)35-50(77)71(20)48(34-64(16,17)88-36-89-25)57(81)68-51(40(10)11)62(86)72(21)45(31-37(4)5)56(80)66-43(15)55(65)79/h26,29,37-48,51-54,78H,27-28,30-36H2,1-25H3,(H2,65,79)(H,66,80)(H,67,82)(H,68,81)/b29-26+/t42-,43-,44+,45+,46+,47+,48+,51+,52+,53+,54-/m1/s1. The van der Waals surface area contributed by atoms with Crippen LogP contribution in [0.25, 0.3) is 0 Å². The molecule has 0 aliphatic rings. The van der Waals surface area contributed by atoms with Crippen molar-refractivity contribution in [1.82, 2.24) is 50.2 Å². The van der Waals surface area contributed by atoms with E-state index in [2.05, 4.69) is 16.0 Å². The predicted molar refractivity (Wildman–Crippen MR) is 349 cm³/mol. The molecule has 0 saturated carbocycles. The minimum atomic E-state index is -1.62. The van der Waals surface area contributed by atoms with E-state index in [-0.39, 0.29) is 61.7 Å². The molecule has 0 aromatic rings. The third-order valence-electron chi connectivity index (χ3n) is 16.3. The highest BCUT2D eigenvalue weighted by Gasteiger charge is 2.45. The molecule has 0 aromatic heterocycles. The lowest BCUT2D eigenvalue weighted by atomic mass is 9.91. The minimum absolute atomic E-state index is 0.00176. The fraction of sp³-hybridized carbons (Fsp3) is 0.797. The van der Waals surface area contributed by atoms with E-state index in [9.17, 15) is 53.1 Å². The summed E-state index contributed by atoms with van der Waals surface area (Å²) >= 11 is 1.40. The summed E-state index contributed by atoms with van der Waals surface area (Å²) in [6.07, 6.45) is 5.12. The Morgan fingerprint density at radius 2 is 1.02 bits per heavy atom. The van der Waals surface area contributed by atoms with Gasteiger partial charge in [0.2, 0.25) is 65.0 Å². The highest BCUT2D eigenvalue weighted by Crippen LogP contribution is 2.27. The van der Waals surface area contributed by atoms with Gasteiger partial charge in [-0.1, -0.05) is 102 Å². The van der Waals surface area contributed by atoms with Crippen molar-refractivity contribution < 1.29 is 62.6 Å². The molecule has 0 spiro atoms. The Morgan fingerprint density at radius 3 is 1.47 bits per heavy atom. The fourth-order valence-corrected chi connectivity index (χ4v) is 10.9. The molecule has 512 valence electrons. The van der Waals surface area contributed by atoms with E-state index >= 15 is 4.79 Å². The number of rotatable bonds is 39. The Morgan fingerprint density at radius 1 is 0.562 bits per heavy atom. The molecule has 25 heteroatoms. The van der Waals surface area contributed by atoms with Crippen LogP contribution in [0.1, 0.15) is 163 Å². The molecule has 0 radical (unpaired) electrons. The molecule has 0 aliphatic carbocycles. The van der Waals surface area contributed by atoms with Gasteiger partial charge in [-0.25, -0.2) is 0 Å². The first kappa shape index (κ1) is 83.2. The number of ether oxygens (including phenoxy) is 1. The van der Waals surface area contributed by atoms with Gasteiger partial charge in [0.1, 0.15) is 54.4 Å². The lowest BCUT2D eigenvalue weighted by Crippen LogP contribution is -2.63. The van der Waals surface area contributed by atoms with Crippen LogP contribution < -0.4 is 21.7 Å². The lowest BCUT2D eigenvalue weighted by Gasteiger charge is -2.41. The van der Waals surface area contributed by atoms with E-state index in [1.54, 1.807) is 88.4 Å². The van der Waals surface area contributed by atoms with Crippen molar-refractivity contribution in [3.63, 3.8) is 0 Å². The summed E-state index contributed by atoms with van der Waals surface area (Å²) in [5.74, 6) is -8.46. The Labute approximate surface area is 537 Å². The highest BCUT2D eigenvalue weighted by atomic mass is 32.2. The van der Waals surface area contributed by atoms with E-state index in [1.807, 2.05) is 47.8 Å². The molecule has 89 heavy (non-hydrogen) atoms.